The molecule has 0 rings (SSSR count). The van der Waals surface area contributed by atoms with E-state index in [0.717, 1.165) is 0 Å². The van der Waals surface area contributed by atoms with Crippen LogP contribution in [0, 0.1) is 0 Å². The standard InChI is InChI=1S/C6H11N3/c1-3-9-6(7)4-5-8-2/h3-5,8H,1H2,2H3,(H2,7,9)/b5-4-. The molecule has 0 bridgehead atoms. The summed E-state index contributed by atoms with van der Waals surface area (Å²) >= 11 is 0. The van der Waals surface area contributed by atoms with Crippen LogP contribution >= 0.6 is 0 Å². The van der Waals surface area contributed by atoms with Crippen LogP contribution in [0.2, 0.25) is 0 Å². The van der Waals surface area contributed by atoms with E-state index in [1.165, 1.54) is 6.20 Å². The zero-order valence-corrected chi connectivity index (χ0v) is 5.46. The third kappa shape index (κ3) is 4.61. The van der Waals surface area contributed by atoms with E-state index in [4.69, 9.17) is 5.73 Å². The quantitative estimate of drug-likeness (QED) is 0.419. The minimum atomic E-state index is 0.444. The highest BCUT2D eigenvalue weighted by atomic mass is 14.8. The Hall–Kier alpha value is -1.25. The molecular formula is C6H11N3. The normalized spacial score (nSPS) is 11.9. The summed E-state index contributed by atoms with van der Waals surface area (Å²) in [4.78, 5) is 3.69. The van der Waals surface area contributed by atoms with Gasteiger partial charge in [0, 0.05) is 13.2 Å². The summed E-state index contributed by atoms with van der Waals surface area (Å²) in [6.45, 7) is 3.39. The molecule has 3 nitrogen and oxygen atoms in total. The van der Waals surface area contributed by atoms with Gasteiger partial charge in [-0.2, -0.15) is 0 Å². The zero-order chi connectivity index (χ0) is 7.11. The number of rotatable bonds is 3. The second-order valence-electron chi connectivity index (χ2n) is 1.36. The molecule has 0 saturated heterocycles. The largest absolute Gasteiger partial charge is 0.394 e. The molecule has 9 heavy (non-hydrogen) atoms. The summed E-state index contributed by atoms with van der Waals surface area (Å²) in [6.07, 6.45) is 4.75. The smallest absolute Gasteiger partial charge is 0.124 e. The Morgan fingerprint density at radius 2 is 2.44 bits per heavy atom. The number of hydrogen-bond donors (Lipinski definition) is 2. The summed E-state index contributed by atoms with van der Waals surface area (Å²) in [5.74, 6) is 0.444. The van der Waals surface area contributed by atoms with Crippen LogP contribution < -0.4 is 11.1 Å². The zero-order valence-electron chi connectivity index (χ0n) is 5.46. The molecule has 0 unspecified atom stereocenters. The monoisotopic (exact) mass is 125 g/mol. The van der Waals surface area contributed by atoms with Gasteiger partial charge in [0.1, 0.15) is 5.84 Å². The van der Waals surface area contributed by atoms with Gasteiger partial charge in [0.15, 0.2) is 0 Å². The number of amidine groups is 1. The predicted molar refractivity (Wildman–Crippen MR) is 40.0 cm³/mol. The number of aliphatic imine (C=N–C) groups is 1. The number of nitrogens with one attached hydrogen (secondary N) is 1. The van der Waals surface area contributed by atoms with Gasteiger partial charge in [-0.1, -0.05) is 6.58 Å². The van der Waals surface area contributed by atoms with Crippen LogP contribution in [0.3, 0.4) is 0 Å². The molecule has 3 heteroatoms. The fourth-order valence-corrected chi connectivity index (χ4v) is 0.317. The van der Waals surface area contributed by atoms with Gasteiger partial charge in [-0.3, -0.25) is 0 Å². The van der Waals surface area contributed by atoms with Gasteiger partial charge < -0.3 is 11.1 Å². The Balaban J connectivity index is 3.74. The average molecular weight is 125 g/mol. The van der Waals surface area contributed by atoms with Crippen molar-refractivity contribution < 1.29 is 0 Å². The van der Waals surface area contributed by atoms with Crippen molar-refractivity contribution in [3.05, 3.63) is 25.1 Å². The molecule has 0 aromatic carbocycles. The Morgan fingerprint density at radius 3 is 2.89 bits per heavy atom. The van der Waals surface area contributed by atoms with E-state index < -0.39 is 0 Å². The fourth-order valence-electron chi connectivity index (χ4n) is 0.317. The lowest BCUT2D eigenvalue weighted by atomic mass is 10.5. The molecule has 0 aromatic rings. The predicted octanol–water partition coefficient (Wildman–Crippen LogP) is 0.220. The minimum Gasteiger partial charge on any atom is -0.394 e. The maximum absolute atomic E-state index is 5.32. The number of hydrogen-bond acceptors (Lipinski definition) is 2. The van der Waals surface area contributed by atoms with Crippen LogP contribution in [0.5, 0.6) is 0 Å². The van der Waals surface area contributed by atoms with Crippen molar-refractivity contribution in [3.8, 4) is 0 Å². The fraction of sp³-hybridized carbons (Fsp3) is 0.167. The maximum Gasteiger partial charge on any atom is 0.124 e. The van der Waals surface area contributed by atoms with Crippen LogP contribution in [0.4, 0.5) is 0 Å². The lowest BCUT2D eigenvalue weighted by Crippen LogP contribution is -2.08. The highest BCUT2D eigenvalue weighted by molar-refractivity contribution is 5.91. The highest BCUT2D eigenvalue weighted by Gasteiger charge is 1.75. The summed E-state index contributed by atoms with van der Waals surface area (Å²) in [5, 5.41) is 2.78. The van der Waals surface area contributed by atoms with E-state index in [1.807, 2.05) is 0 Å². The van der Waals surface area contributed by atoms with Gasteiger partial charge in [0.25, 0.3) is 0 Å². The van der Waals surface area contributed by atoms with Crippen molar-refractivity contribution in [2.75, 3.05) is 7.05 Å². The lowest BCUT2D eigenvalue weighted by molar-refractivity contribution is 1.10. The molecule has 0 saturated carbocycles. The molecule has 0 fully saturated rings. The lowest BCUT2D eigenvalue weighted by Gasteiger charge is -1.86. The van der Waals surface area contributed by atoms with E-state index in [9.17, 15) is 0 Å². The summed E-state index contributed by atoms with van der Waals surface area (Å²) in [5.41, 5.74) is 5.32. The van der Waals surface area contributed by atoms with Gasteiger partial charge >= 0.3 is 0 Å². The van der Waals surface area contributed by atoms with E-state index in [0.29, 0.717) is 5.84 Å². The van der Waals surface area contributed by atoms with Crippen LogP contribution in [-0.4, -0.2) is 12.9 Å². The molecule has 0 aliphatic carbocycles. The molecule has 0 aliphatic heterocycles. The SMILES string of the molecule is C=CN=C(N)/C=C\NC. The second-order valence-corrected chi connectivity index (χ2v) is 1.36. The number of nitrogens with zero attached hydrogens (tertiary/aromatic N) is 1. The Morgan fingerprint density at radius 1 is 1.78 bits per heavy atom. The van der Waals surface area contributed by atoms with E-state index in [-0.39, 0.29) is 0 Å². The van der Waals surface area contributed by atoms with Gasteiger partial charge in [-0.25, -0.2) is 4.99 Å². The van der Waals surface area contributed by atoms with Crippen LogP contribution in [0.25, 0.3) is 0 Å². The van der Waals surface area contributed by atoms with Crippen molar-refractivity contribution in [1.29, 1.82) is 0 Å². The van der Waals surface area contributed by atoms with Gasteiger partial charge in [-0.05, 0) is 12.3 Å². The molecule has 0 aromatic heterocycles. The molecular weight excluding hydrogens is 114 g/mol. The van der Waals surface area contributed by atoms with E-state index >= 15 is 0 Å². The summed E-state index contributed by atoms with van der Waals surface area (Å²) in [7, 11) is 1.79. The first-order chi connectivity index (χ1) is 4.31. The average Bonchev–Trinajstić information content (AvgIpc) is 1.85. The highest BCUT2D eigenvalue weighted by Crippen LogP contribution is 1.72. The topological polar surface area (TPSA) is 50.4 Å². The van der Waals surface area contributed by atoms with Crippen LogP contribution in [0.1, 0.15) is 0 Å². The Kier molecular flexibility index (Phi) is 4.22. The van der Waals surface area contributed by atoms with Gasteiger partial charge in [0.05, 0.1) is 0 Å². The summed E-state index contributed by atoms with van der Waals surface area (Å²) < 4.78 is 0. The van der Waals surface area contributed by atoms with Gasteiger partial charge in [-0.15, -0.1) is 0 Å². The first-order valence-electron chi connectivity index (χ1n) is 2.59. The molecule has 0 amide bonds. The number of nitrogens with two attached hydrogens (primary N) is 1. The molecule has 3 N–H and O–H groups in total. The second kappa shape index (κ2) is 4.90. The molecule has 0 heterocycles. The molecule has 0 radical (unpaired) electrons. The van der Waals surface area contributed by atoms with Crippen molar-refractivity contribution in [1.82, 2.24) is 5.32 Å². The van der Waals surface area contributed by atoms with Crippen molar-refractivity contribution in [2.24, 2.45) is 10.7 Å². The van der Waals surface area contributed by atoms with E-state index in [2.05, 4.69) is 16.9 Å². The van der Waals surface area contributed by atoms with Crippen molar-refractivity contribution in [2.45, 2.75) is 0 Å². The minimum absolute atomic E-state index is 0.444. The van der Waals surface area contributed by atoms with Crippen LogP contribution in [0.15, 0.2) is 30.0 Å². The first kappa shape index (κ1) is 7.75. The van der Waals surface area contributed by atoms with Crippen LogP contribution in [-0.2, 0) is 0 Å². The molecule has 0 spiro atoms. The van der Waals surface area contributed by atoms with Gasteiger partial charge in [0.2, 0.25) is 0 Å². The van der Waals surface area contributed by atoms with Crippen molar-refractivity contribution >= 4 is 5.84 Å². The third-order valence-corrected chi connectivity index (χ3v) is 0.661. The molecule has 0 aliphatic rings. The Bertz CT molecular complexity index is 135. The Labute approximate surface area is 55.0 Å². The molecule has 50 valence electrons. The maximum atomic E-state index is 5.32. The molecule has 0 atom stereocenters. The van der Waals surface area contributed by atoms with Crippen molar-refractivity contribution in [3.63, 3.8) is 0 Å². The first-order valence-corrected chi connectivity index (χ1v) is 2.59. The van der Waals surface area contributed by atoms with E-state index in [1.54, 1.807) is 19.3 Å². The summed E-state index contributed by atoms with van der Waals surface area (Å²) in [6, 6.07) is 0. The third-order valence-electron chi connectivity index (χ3n) is 0.661.